The summed E-state index contributed by atoms with van der Waals surface area (Å²) in [5.41, 5.74) is 0.830. The summed E-state index contributed by atoms with van der Waals surface area (Å²) >= 11 is 1.11. The molecule has 1 saturated carbocycles. The SMILES string of the molecule is Cc1csc(=O)n1CCC(=O)OC(C)C(=O)NCC1CCCCC1. The van der Waals surface area contributed by atoms with Gasteiger partial charge in [-0.1, -0.05) is 30.6 Å². The molecule has 1 aliphatic carbocycles. The number of carbonyl (C=O) groups excluding carboxylic acids is 2. The zero-order valence-corrected chi connectivity index (χ0v) is 15.2. The first kappa shape index (κ1) is 18.7. The Kier molecular flexibility index (Phi) is 7.02. The molecular formula is C17H26N2O4S. The molecule has 24 heavy (non-hydrogen) atoms. The normalized spacial score (nSPS) is 16.6. The highest BCUT2D eigenvalue weighted by Gasteiger charge is 2.20. The summed E-state index contributed by atoms with van der Waals surface area (Å²) in [6.45, 7) is 4.34. The van der Waals surface area contributed by atoms with Crippen LogP contribution in [0.2, 0.25) is 0 Å². The third kappa shape index (κ3) is 5.47. The molecule has 2 rings (SSSR count). The average Bonchev–Trinajstić information content (AvgIpc) is 2.90. The standard InChI is InChI=1S/C17H26N2O4S/c1-12-11-24-17(22)19(12)9-8-15(20)23-13(2)16(21)18-10-14-6-4-3-5-7-14/h11,13-14H,3-10H2,1-2H3,(H,18,21). The maximum absolute atomic E-state index is 12.0. The number of esters is 1. The fourth-order valence-corrected chi connectivity index (χ4v) is 3.73. The summed E-state index contributed by atoms with van der Waals surface area (Å²) in [7, 11) is 0. The minimum absolute atomic E-state index is 0.0811. The van der Waals surface area contributed by atoms with Gasteiger partial charge in [-0.25, -0.2) is 0 Å². The molecule has 0 saturated heterocycles. The number of hydrogen-bond donors (Lipinski definition) is 1. The van der Waals surface area contributed by atoms with Crippen molar-refractivity contribution in [2.45, 2.75) is 65.0 Å². The Hall–Kier alpha value is -1.63. The van der Waals surface area contributed by atoms with Gasteiger partial charge in [0.15, 0.2) is 6.10 Å². The molecule has 0 bridgehead atoms. The van der Waals surface area contributed by atoms with Crippen molar-refractivity contribution in [1.82, 2.24) is 9.88 Å². The molecule has 134 valence electrons. The molecule has 7 heteroatoms. The van der Waals surface area contributed by atoms with Gasteiger partial charge in [-0.2, -0.15) is 0 Å². The Labute approximate surface area is 146 Å². The molecule has 1 atom stereocenters. The van der Waals surface area contributed by atoms with Gasteiger partial charge in [-0.15, -0.1) is 0 Å². The van der Waals surface area contributed by atoms with Crippen molar-refractivity contribution in [1.29, 1.82) is 0 Å². The van der Waals surface area contributed by atoms with E-state index in [0.29, 0.717) is 12.5 Å². The quantitative estimate of drug-likeness (QED) is 0.762. The van der Waals surface area contributed by atoms with Crippen LogP contribution >= 0.6 is 11.3 Å². The second-order valence-corrected chi connectivity index (χ2v) is 7.25. The van der Waals surface area contributed by atoms with Crippen LogP contribution in [0.4, 0.5) is 0 Å². The molecule has 0 aliphatic heterocycles. The third-order valence-corrected chi connectivity index (χ3v) is 5.36. The van der Waals surface area contributed by atoms with Gasteiger partial charge in [-0.05, 0) is 32.6 Å². The van der Waals surface area contributed by atoms with E-state index >= 15 is 0 Å². The van der Waals surface area contributed by atoms with Crippen LogP contribution in [0, 0.1) is 12.8 Å². The highest BCUT2D eigenvalue weighted by atomic mass is 32.1. The number of aromatic nitrogens is 1. The van der Waals surface area contributed by atoms with Crippen LogP contribution in [0.25, 0.3) is 0 Å². The van der Waals surface area contributed by atoms with Crippen molar-refractivity contribution in [2.24, 2.45) is 5.92 Å². The molecule has 1 amide bonds. The van der Waals surface area contributed by atoms with Crippen molar-refractivity contribution in [3.05, 3.63) is 20.7 Å². The average molecular weight is 354 g/mol. The third-order valence-electron chi connectivity index (χ3n) is 4.48. The highest BCUT2D eigenvalue weighted by Crippen LogP contribution is 2.22. The van der Waals surface area contributed by atoms with Gasteiger partial charge in [0.25, 0.3) is 5.91 Å². The molecule has 0 spiro atoms. The van der Waals surface area contributed by atoms with E-state index in [-0.39, 0.29) is 23.7 Å². The molecule has 1 N–H and O–H groups in total. The van der Waals surface area contributed by atoms with Gasteiger partial charge in [0.1, 0.15) is 0 Å². The number of rotatable bonds is 7. The van der Waals surface area contributed by atoms with Crippen molar-refractivity contribution in [3.63, 3.8) is 0 Å². The fraction of sp³-hybridized carbons (Fsp3) is 0.706. The summed E-state index contributed by atoms with van der Waals surface area (Å²) in [5.74, 6) is -0.176. The Bertz CT molecular complexity index is 616. The molecular weight excluding hydrogens is 328 g/mol. The monoisotopic (exact) mass is 354 g/mol. The Morgan fingerprint density at radius 3 is 2.71 bits per heavy atom. The smallest absolute Gasteiger partial charge is 0.308 e. The summed E-state index contributed by atoms with van der Waals surface area (Å²) in [4.78, 5) is 35.4. The van der Waals surface area contributed by atoms with Crippen LogP contribution in [0.5, 0.6) is 0 Å². The number of nitrogens with zero attached hydrogens (tertiary/aromatic N) is 1. The summed E-state index contributed by atoms with van der Waals surface area (Å²) < 4.78 is 6.71. The topological polar surface area (TPSA) is 77.4 Å². The molecule has 6 nitrogen and oxygen atoms in total. The van der Waals surface area contributed by atoms with Gasteiger partial charge < -0.3 is 14.6 Å². The van der Waals surface area contributed by atoms with Gasteiger partial charge >= 0.3 is 10.8 Å². The first-order valence-corrected chi connectivity index (χ1v) is 9.47. The van der Waals surface area contributed by atoms with Gasteiger partial charge in [0.2, 0.25) is 0 Å². The molecule has 1 aromatic rings. The maximum Gasteiger partial charge on any atom is 0.308 e. The van der Waals surface area contributed by atoms with Crippen molar-refractivity contribution in [3.8, 4) is 0 Å². The van der Waals surface area contributed by atoms with E-state index in [1.54, 1.807) is 16.9 Å². The molecule has 1 aliphatic rings. The predicted molar refractivity (Wildman–Crippen MR) is 93.1 cm³/mol. The second-order valence-electron chi connectivity index (χ2n) is 6.43. The van der Waals surface area contributed by atoms with Crippen LogP contribution in [-0.4, -0.2) is 29.1 Å². The van der Waals surface area contributed by atoms with Gasteiger partial charge in [0.05, 0.1) is 6.42 Å². The van der Waals surface area contributed by atoms with Crippen LogP contribution in [0.3, 0.4) is 0 Å². The number of hydrogen-bond acceptors (Lipinski definition) is 5. The molecule has 1 heterocycles. The number of nitrogens with one attached hydrogen (secondary N) is 1. The van der Waals surface area contributed by atoms with Crippen molar-refractivity contribution < 1.29 is 14.3 Å². The van der Waals surface area contributed by atoms with Crippen molar-refractivity contribution in [2.75, 3.05) is 6.54 Å². The lowest BCUT2D eigenvalue weighted by molar-refractivity contribution is -0.155. The maximum atomic E-state index is 12.0. The van der Waals surface area contributed by atoms with E-state index in [1.165, 1.54) is 19.3 Å². The largest absolute Gasteiger partial charge is 0.452 e. The van der Waals surface area contributed by atoms with Crippen LogP contribution in [-0.2, 0) is 20.9 Å². The first-order valence-electron chi connectivity index (χ1n) is 8.59. The molecule has 1 aromatic heterocycles. The van der Waals surface area contributed by atoms with E-state index < -0.39 is 12.1 Å². The van der Waals surface area contributed by atoms with Crippen LogP contribution in [0.15, 0.2) is 10.2 Å². The zero-order chi connectivity index (χ0) is 17.5. The van der Waals surface area contributed by atoms with E-state index in [2.05, 4.69) is 5.32 Å². The lowest BCUT2D eigenvalue weighted by atomic mass is 9.89. The lowest BCUT2D eigenvalue weighted by Crippen LogP contribution is -2.38. The number of aryl methyl sites for hydroxylation is 1. The summed E-state index contributed by atoms with van der Waals surface area (Å²) in [6.07, 6.45) is 5.33. The Balaban J connectivity index is 1.70. The number of carbonyl (C=O) groups is 2. The van der Waals surface area contributed by atoms with E-state index in [4.69, 9.17) is 4.74 Å². The van der Waals surface area contributed by atoms with Crippen molar-refractivity contribution >= 4 is 23.2 Å². The molecule has 1 fully saturated rings. The number of amides is 1. The van der Waals surface area contributed by atoms with E-state index in [9.17, 15) is 14.4 Å². The van der Waals surface area contributed by atoms with Crippen LogP contribution < -0.4 is 10.2 Å². The first-order chi connectivity index (χ1) is 11.5. The molecule has 1 unspecified atom stereocenters. The minimum Gasteiger partial charge on any atom is -0.452 e. The molecule has 0 aromatic carbocycles. The second kappa shape index (κ2) is 9.01. The van der Waals surface area contributed by atoms with Crippen LogP contribution in [0.1, 0.15) is 51.1 Å². The fourth-order valence-electron chi connectivity index (χ4n) is 2.97. The Morgan fingerprint density at radius 2 is 2.08 bits per heavy atom. The zero-order valence-electron chi connectivity index (χ0n) is 14.4. The van der Waals surface area contributed by atoms with E-state index in [1.807, 2.05) is 6.92 Å². The highest BCUT2D eigenvalue weighted by molar-refractivity contribution is 7.07. The summed E-state index contributed by atoms with van der Waals surface area (Å²) in [6, 6.07) is 0. The lowest BCUT2D eigenvalue weighted by Gasteiger charge is -2.22. The minimum atomic E-state index is -0.804. The van der Waals surface area contributed by atoms with E-state index in [0.717, 1.165) is 29.9 Å². The molecule has 0 radical (unpaired) electrons. The predicted octanol–water partition coefficient (Wildman–Crippen LogP) is 2.24. The van der Waals surface area contributed by atoms with Gasteiger partial charge in [0, 0.05) is 24.2 Å². The number of ether oxygens (including phenoxy) is 1. The number of thiazole rings is 1. The Morgan fingerprint density at radius 1 is 1.38 bits per heavy atom. The summed E-state index contributed by atoms with van der Waals surface area (Å²) in [5, 5.41) is 4.63. The van der Waals surface area contributed by atoms with Gasteiger partial charge in [-0.3, -0.25) is 14.4 Å².